The van der Waals surface area contributed by atoms with E-state index in [2.05, 4.69) is 15.9 Å². The van der Waals surface area contributed by atoms with Crippen molar-refractivity contribution < 1.29 is 17.6 Å². The molecule has 1 heterocycles. The molecule has 1 N–H and O–H groups in total. The summed E-state index contributed by atoms with van der Waals surface area (Å²) in [6, 6.07) is 12.8. The highest BCUT2D eigenvalue weighted by Gasteiger charge is 2.22. The molecule has 0 saturated carbocycles. The number of hydrogen-bond acceptors (Lipinski definition) is 5. The van der Waals surface area contributed by atoms with Gasteiger partial charge in [0.2, 0.25) is 15.4 Å². The molecule has 0 amide bonds. The summed E-state index contributed by atoms with van der Waals surface area (Å²) in [6.07, 6.45) is 0. The van der Waals surface area contributed by atoms with E-state index < -0.39 is 15.4 Å². The Balaban J connectivity index is 2.32. The third-order valence-corrected chi connectivity index (χ3v) is 5.56. The van der Waals surface area contributed by atoms with Gasteiger partial charge in [0.15, 0.2) is 11.3 Å². The van der Waals surface area contributed by atoms with Gasteiger partial charge in [0.05, 0.1) is 12.0 Å². The summed E-state index contributed by atoms with van der Waals surface area (Å²) in [7, 11) is -2.35. The normalized spacial score (nSPS) is 11.6. The quantitative estimate of drug-likeness (QED) is 0.737. The van der Waals surface area contributed by atoms with Crippen molar-refractivity contribution >= 4 is 36.7 Å². The molecule has 0 spiro atoms. The fraction of sp³-hybridized carbons (Fsp3) is 0.0625. The van der Waals surface area contributed by atoms with E-state index in [0.717, 1.165) is 4.47 Å². The van der Waals surface area contributed by atoms with Crippen LogP contribution in [0.5, 0.6) is 5.75 Å². The Morgan fingerprint density at radius 2 is 1.83 bits per heavy atom. The van der Waals surface area contributed by atoms with Crippen molar-refractivity contribution in [2.75, 3.05) is 7.11 Å². The first kappa shape index (κ1) is 15.8. The standard InChI is InChI=1S/C16H12BrNO4S/c1-21-13-9-11(17)7-10-8-14(16(18)22-15(10)13)23(19,20)12-5-3-2-4-6-12/h2-9,18H,1H3. The maximum atomic E-state index is 12.7. The van der Waals surface area contributed by atoms with Crippen LogP contribution in [0.15, 0.2) is 67.2 Å². The molecule has 0 aliphatic rings. The molecule has 23 heavy (non-hydrogen) atoms. The Kier molecular flexibility index (Phi) is 3.99. The van der Waals surface area contributed by atoms with Crippen LogP contribution in [0.1, 0.15) is 0 Å². The molecule has 0 aliphatic heterocycles. The van der Waals surface area contributed by atoms with E-state index in [1.54, 1.807) is 30.3 Å². The lowest BCUT2D eigenvalue weighted by Gasteiger charge is -2.08. The largest absolute Gasteiger partial charge is 0.493 e. The van der Waals surface area contributed by atoms with Crippen LogP contribution in [-0.2, 0) is 9.84 Å². The lowest BCUT2D eigenvalue weighted by molar-refractivity contribution is 0.402. The number of hydrogen-bond donors (Lipinski definition) is 1. The van der Waals surface area contributed by atoms with Crippen LogP contribution >= 0.6 is 15.9 Å². The topological polar surface area (TPSA) is 80.4 Å². The summed E-state index contributed by atoms with van der Waals surface area (Å²) in [4.78, 5) is -0.0682. The van der Waals surface area contributed by atoms with Crippen molar-refractivity contribution in [2.24, 2.45) is 0 Å². The van der Waals surface area contributed by atoms with Crippen molar-refractivity contribution in [2.45, 2.75) is 9.79 Å². The molecule has 1 aromatic heterocycles. The van der Waals surface area contributed by atoms with E-state index in [-0.39, 0.29) is 9.79 Å². The van der Waals surface area contributed by atoms with Gasteiger partial charge in [-0.25, -0.2) is 8.42 Å². The molecule has 0 unspecified atom stereocenters. The maximum absolute atomic E-state index is 12.7. The average Bonchev–Trinajstić information content (AvgIpc) is 2.54. The number of benzene rings is 2. The van der Waals surface area contributed by atoms with Gasteiger partial charge in [-0.2, -0.15) is 0 Å². The molecule has 7 heteroatoms. The fourth-order valence-corrected chi connectivity index (χ4v) is 4.03. The van der Waals surface area contributed by atoms with Crippen LogP contribution in [-0.4, -0.2) is 15.5 Å². The number of ether oxygens (including phenoxy) is 1. The highest BCUT2D eigenvalue weighted by atomic mass is 79.9. The number of fused-ring (bicyclic) bond motifs is 1. The lowest BCUT2D eigenvalue weighted by atomic mass is 10.2. The molecular weight excluding hydrogens is 382 g/mol. The first-order valence-corrected chi connectivity index (χ1v) is 8.87. The smallest absolute Gasteiger partial charge is 0.231 e. The van der Waals surface area contributed by atoms with Gasteiger partial charge in [0.25, 0.3) is 0 Å². The zero-order valence-corrected chi connectivity index (χ0v) is 14.4. The number of sulfone groups is 1. The summed E-state index contributed by atoms with van der Waals surface area (Å²) in [6.45, 7) is 0. The molecule has 0 atom stereocenters. The fourth-order valence-electron chi connectivity index (χ4n) is 2.24. The predicted octanol–water partition coefficient (Wildman–Crippen LogP) is 3.52. The summed E-state index contributed by atoms with van der Waals surface area (Å²) in [5, 5.41) is 8.50. The maximum Gasteiger partial charge on any atom is 0.231 e. The van der Waals surface area contributed by atoms with Crippen molar-refractivity contribution in [3.8, 4) is 5.75 Å². The predicted molar refractivity (Wildman–Crippen MR) is 88.2 cm³/mol. The van der Waals surface area contributed by atoms with Gasteiger partial charge in [-0.1, -0.05) is 34.1 Å². The zero-order chi connectivity index (χ0) is 16.6. The number of rotatable bonds is 3. The first-order valence-electron chi connectivity index (χ1n) is 6.59. The lowest BCUT2D eigenvalue weighted by Crippen LogP contribution is -2.14. The average molecular weight is 394 g/mol. The third-order valence-electron chi connectivity index (χ3n) is 3.33. The van der Waals surface area contributed by atoms with Crippen LogP contribution < -0.4 is 10.3 Å². The molecule has 3 aromatic rings. The molecule has 0 radical (unpaired) electrons. The molecule has 3 rings (SSSR count). The second-order valence-electron chi connectivity index (χ2n) is 4.78. The number of nitrogens with one attached hydrogen (secondary N) is 1. The molecule has 2 aromatic carbocycles. The van der Waals surface area contributed by atoms with E-state index in [0.29, 0.717) is 16.7 Å². The minimum Gasteiger partial charge on any atom is -0.493 e. The molecular formula is C16H12BrNO4S. The second-order valence-corrected chi connectivity index (χ2v) is 7.62. The van der Waals surface area contributed by atoms with E-state index in [1.807, 2.05) is 0 Å². The summed E-state index contributed by atoms with van der Waals surface area (Å²) in [5.74, 6) is 0.423. The Morgan fingerprint density at radius 1 is 1.13 bits per heavy atom. The highest BCUT2D eigenvalue weighted by Crippen LogP contribution is 2.31. The van der Waals surface area contributed by atoms with Crippen LogP contribution in [0.25, 0.3) is 11.0 Å². The first-order chi connectivity index (χ1) is 10.9. The van der Waals surface area contributed by atoms with Gasteiger partial charge < -0.3 is 9.15 Å². The SMILES string of the molecule is COc1cc(Br)cc2cc(S(=O)(=O)c3ccccc3)c(=N)oc12. The monoisotopic (exact) mass is 393 g/mol. The zero-order valence-electron chi connectivity index (χ0n) is 12.0. The van der Waals surface area contributed by atoms with Gasteiger partial charge >= 0.3 is 0 Å². The van der Waals surface area contributed by atoms with Crippen molar-refractivity contribution in [3.63, 3.8) is 0 Å². The van der Waals surface area contributed by atoms with E-state index in [1.165, 1.54) is 25.3 Å². The molecule has 0 aliphatic carbocycles. The third kappa shape index (κ3) is 2.77. The second kappa shape index (κ2) is 5.82. The minimum absolute atomic E-state index is 0.116. The Morgan fingerprint density at radius 3 is 2.48 bits per heavy atom. The van der Waals surface area contributed by atoms with E-state index in [4.69, 9.17) is 14.6 Å². The number of halogens is 1. The van der Waals surface area contributed by atoms with Gasteiger partial charge in [0.1, 0.15) is 4.90 Å². The molecule has 0 fully saturated rings. The summed E-state index contributed by atoms with van der Waals surface area (Å²) < 4.78 is 36.8. The summed E-state index contributed by atoms with van der Waals surface area (Å²) >= 11 is 3.34. The van der Waals surface area contributed by atoms with Crippen LogP contribution in [0, 0.1) is 5.41 Å². The minimum atomic E-state index is -3.83. The molecule has 0 bridgehead atoms. The van der Waals surface area contributed by atoms with Gasteiger partial charge in [0, 0.05) is 9.86 Å². The van der Waals surface area contributed by atoms with E-state index in [9.17, 15) is 8.42 Å². The highest BCUT2D eigenvalue weighted by molar-refractivity contribution is 9.10. The molecule has 118 valence electrons. The van der Waals surface area contributed by atoms with Crippen LogP contribution in [0.2, 0.25) is 0 Å². The molecule has 0 saturated heterocycles. The van der Waals surface area contributed by atoms with Crippen molar-refractivity contribution in [1.82, 2.24) is 0 Å². The Labute approximate surface area is 141 Å². The Bertz CT molecular complexity index is 1040. The van der Waals surface area contributed by atoms with Crippen LogP contribution in [0.4, 0.5) is 0 Å². The molecule has 5 nitrogen and oxygen atoms in total. The number of methoxy groups -OCH3 is 1. The van der Waals surface area contributed by atoms with Gasteiger partial charge in [-0.3, -0.25) is 5.41 Å². The Hall–Kier alpha value is -2.12. The van der Waals surface area contributed by atoms with E-state index >= 15 is 0 Å². The van der Waals surface area contributed by atoms with Crippen molar-refractivity contribution in [1.29, 1.82) is 5.41 Å². The van der Waals surface area contributed by atoms with Gasteiger partial charge in [-0.05, 0) is 30.3 Å². The van der Waals surface area contributed by atoms with Crippen LogP contribution in [0.3, 0.4) is 0 Å². The van der Waals surface area contributed by atoms with Crippen molar-refractivity contribution in [3.05, 3.63) is 58.6 Å². The van der Waals surface area contributed by atoms with Gasteiger partial charge in [-0.15, -0.1) is 0 Å². The summed E-state index contributed by atoms with van der Waals surface area (Å²) in [5.41, 5.74) is -0.102.